The van der Waals surface area contributed by atoms with Crippen LogP contribution in [0.4, 0.5) is 10.5 Å². The Kier molecular flexibility index (Phi) is 5.35. The van der Waals surface area contributed by atoms with Crippen molar-refractivity contribution in [3.63, 3.8) is 0 Å². The lowest BCUT2D eigenvalue weighted by atomic mass is 10.1. The van der Waals surface area contributed by atoms with Crippen molar-refractivity contribution in [3.8, 4) is 11.3 Å². The maximum Gasteiger partial charge on any atom is 0.317 e. The lowest BCUT2D eigenvalue weighted by Crippen LogP contribution is -2.51. The standard InChI is InChI=1S/C22H23ClN4O/c1-2-24-22(28)27-13-11-26(12-14-27)21-15-20(16-7-9-17(23)10-8-16)25-19-6-4-3-5-18(19)21/h3-10,15H,2,11-14H2,1H3,(H,24,28). The highest BCUT2D eigenvalue weighted by Crippen LogP contribution is 2.32. The van der Waals surface area contributed by atoms with E-state index in [4.69, 9.17) is 16.6 Å². The molecule has 0 bridgehead atoms. The lowest BCUT2D eigenvalue weighted by Gasteiger charge is -2.36. The van der Waals surface area contributed by atoms with Gasteiger partial charge in [0.15, 0.2) is 0 Å². The van der Waals surface area contributed by atoms with Gasteiger partial charge in [-0.25, -0.2) is 9.78 Å². The predicted octanol–water partition coefficient (Wildman–Crippen LogP) is 4.41. The first-order chi connectivity index (χ1) is 13.7. The highest BCUT2D eigenvalue weighted by atomic mass is 35.5. The number of halogens is 1. The zero-order valence-corrected chi connectivity index (χ0v) is 16.6. The SMILES string of the molecule is CCNC(=O)N1CCN(c2cc(-c3ccc(Cl)cc3)nc3ccccc23)CC1. The molecule has 2 aromatic carbocycles. The van der Waals surface area contributed by atoms with E-state index < -0.39 is 0 Å². The Balaban J connectivity index is 1.66. The summed E-state index contributed by atoms with van der Waals surface area (Å²) in [7, 11) is 0. The minimum absolute atomic E-state index is 0.0172. The second-order valence-electron chi connectivity index (χ2n) is 6.86. The zero-order valence-electron chi connectivity index (χ0n) is 15.9. The monoisotopic (exact) mass is 394 g/mol. The van der Waals surface area contributed by atoms with Gasteiger partial charge in [-0.2, -0.15) is 0 Å². The maximum absolute atomic E-state index is 12.1. The van der Waals surface area contributed by atoms with Crippen LogP contribution in [0, 0.1) is 0 Å². The van der Waals surface area contributed by atoms with Crippen molar-refractivity contribution in [2.24, 2.45) is 0 Å². The topological polar surface area (TPSA) is 48.5 Å². The number of hydrogen-bond donors (Lipinski definition) is 1. The Bertz CT molecular complexity index is 981. The van der Waals surface area contributed by atoms with Crippen molar-refractivity contribution in [1.29, 1.82) is 0 Å². The Morgan fingerprint density at radius 3 is 2.50 bits per heavy atom. The summed E-state index contributed by atoms with van der Waals surface area (Å²) in [5.74, 6) is 0. The summed E-state index contributed by atoms with van der Waals surface area (Å²) in [5.41, 5.74) is 4.09. The van der Waals surface area contributed by atoms with Gasteiger partial charge in [0.25, 0.3) is 0 Å². The van der Waals surface area contributed by atoms with Gasteiger partial charge in [-0.1, -0.05) is 41.9 Å². The van der Waals surface area contributed by atoms with Crippen molar-refractivity contribution in [2.45, 2.75) is 6.92 Å². The Hall–Kier alpha value is -2.79. The van der Waals surface area contributed by atoms with Crippen molar-refractivity contribution in [3.05, 3.63) is 59.6 Å². The molecule has 4 rings (SSSR count). The highest BCUT2D eigenvalue weighted by Gasteiger charge is 2.22. The first-order valence-corrected chi connectivity index (χ1v) is 9.97. The van der Waals surface area contributed by atoms with Crippen molar-refractivity contribution < 1.29 is 4.79 Å². The average molecular weight is 395 g/mol. The van der Waals surface area contributed by atoms with Gasteiger partial charge in [0.1, 0.15) is 0 Å². The molecule has 3 aromatic rings. The molecule has 0 spiro atoms. The largest absolute Gasteiger partial charge is 0.367 e. The number of fused-ring (bicyclic) bond motifs is 1. The molecule has 1 aliphatic heterocycles. The van der Waals surface area contributed by atoms with Crippen LogP contribution in [0.25, 0.3) is 22.2 Å². The second-order valence-corrected chi connectivity index (χ2v) is 7.30. The average Bonchev–Trinajstić information content (AvgIpc) is 2.74. The fraction of sp³-hybridized carbons (Fsp3) is 0.273. The number of urea groups is 1. The molecule has 0 aliphatic carbocycles. The molecule has 0 unspecified atom stereocenters. The van der Waals surface area contributed by atoms with Crippen LogP contribution in [0.3, 0.4) is 0 Å². The van der Waals surface area contributed by atoms with Crippen LogP contribution in [-0.4, -0.2) is 48.6 Å². The number of aromatic nitrogens is 1. The Morgan fingerprint density at radius 1 is 1.07 bits per heavy atom. The van der Waals surface area contributed by atoms with Crippen LogP contribution in [0.2, 0.25) is 5.02 Å². The molecule has 0 radical (unpaired) electrons. The van der Waals surface area contributed by atoms with Gasteiger partial charge < -0.3 is 15.1 Å². The predicted molar refractivity (Wildman–Crippen MR) is 115 cm³/mol. The third kappa shape index (κ3) is 3.76. The Morgan fingerprint density at radius 2 is 1.79 bits per heavy atom. The molecule has 0 saturated carbocycles. The number of amides is 2. The lowest BCUT2D eigenvalue weighted by molar-refractivity contribution is 0.195. The molecule has 1 fully saturated rings. The van der Waals surface area contributed by atoms with Gasteiger partial charge >= 0.3 is 6.03 Å². The molecule has 0 atom stereocenters. The number of carbonyl (C=O) groups excluding carboxylic acids is 1. The molecule has 6 heteroatoms. The number of piperazine rings is 1. The Labute approximate surface area is 169 Å². The summed E-state index contributed by atoms with van der Waals surface area (Å²) in [6, 6.07) is 18.1. The van der Waals surface area contributed by atoms with E-state index in [1.54, 1.807) is 0 Å². The highest BCUT2D eigenvalue weighted by molar-refractivity contribution is 6.30. The van der Waals surface area contributed by atoms with Gasteiger partial charge in [-0.15, -0.1) is 0 Å². The number of benzene rings is 2. The summed E-state index contributed by atoms with van der Waals surface area (Å²) in [6.45, 7) is 5.60. The van der Waals surface area contributed by atoms with Crippen LogP contribution in [0.5, 0.6) is 0 Å². The molecule has 5 nitrogen and oxygen atoms in total. The minimum Gasteiger partial charge on any atom is -0.367 e. The van der Waals surface area contributed by atoms with E-state index in [2.05, 4.69) is 22.3 Å². The van der Waals surface area contributed by atoms with Crippen LogP contribution in [0.15, 0.2) is 54.6 Å². The molecular weight excluding hydrogens is 372 g/mol. The van der Waals surface area contributed by atoms with E-state index in [0.29, 0.717) is 24.7 Å². The van der Waals surface area contributed by atoms with Crippen molar-refractivity contribution >= 4 is 34.2 Å². The number of rotatable bonds is 3. The van der Waals surface area contributed by atoms with E-state index >= 15 is 0 Å². The van der Waals surface area contributed by atoms with Gasteiger partial charge in [-0.3, -0.25) is 0 Å². The van der Waals surface area contributed by atoms with E-state index in [0.717, 1.165) is 40.9 Å². The van der Waals surface area contributed by atoms with Crippen LogP contribution in [0.1, 0.15) is 6.92 Å². The zero-order chi connectivity index (χ0) is 19.5. The number of hydrogen-bond acceptors (Lipinski definition) is 3. The molecular formula is C22H23ClN4O. The normalized spacial score (nSPS) is 14.4. The van der Waals surface area contributed by atoms with Crippen LogP contribution in [-0.2, 0) is 0 Å². The molecule has 144 valence electrons. The van der Waals surface area contributed by atoms with Gasteiger partial charge in [0, 0.05) is 54.4 Å². The van der Waals surface area contributed by atoms with Crippen LogP contribution >= 0.6 is 11.6 Å². The number of anilines is 1. The summed E-state index contributed by atoms with van der Waals surface area (Å²) in [4.78, 5) is 21.2. The minimum atomic E-state index is 0.0172. The van der Waals surface area contributed by atoms with Gasteiger partial charge in [0.2, 0.25) is 0 Å². The van der Waals surface area contributed by atoms with E-state index in [1.165, 1.54) is 0 Å². The van der Waals surface area contributed by atoms with Crippen molar-refractivity contribution in [2.75, 3.05) is 37.6 Å². The van der Waals surface area contributed by atoms with E-state index in [-0.39, 0.29) is 6.03 Å². The van der Waals surface area contributed by atoms with Crippen molar-refractivity contribution in [1.82, 2.24) is 15.2 Å². The summed E-state index contributed by atoms with van der Waals surface area (Å²) in [6.07, 6.45) is 0. The quantitative estimate of drug-likeness (QED) is 0.716. The third-order valence-electron chi connectivity index (χ3n) is 5.07. The summed E-state index contributed by atoms with van der Waals surface area (Å²) in [5, 5.41) is 4.73. The number of pyridine rings is 1. The number of para-hydroxylation sites is 1. The molecule has 1 saturated heterocycles. The molecule has 2 amide bonds. The fourth-order valence-electron chi connectivity index (χ4n) is 3.60. The summed E-state index contributed by atoms with van der Waals surface area (Å²) < 4.78 is 0. The first-order valence-electron chi connectivity index (χ1n) is 9.59. The fourth-order valence-corrected chi connectivity index (χ4v) is 3.73. The smallest absolute Gasteiger partial charge is 0.317 e. The number of nitrogens with zero attached hydrogens (tertiary/aromatic N) is 3. The van der Waals surface area contributed by atoms with E-state index in [1.807, 2.05) is 54.3 Å². The summed E-state index contributed by atoms with van der Waals surface area (Å²) >= 11 is 6.04. The molecule has 2 heterocycles. The number of carbonyl (C=O) groups is 1. The van der Waals surface area contributed by atoms with Gasteiger partial charge in [-0.05, 0) is 31.2 Å². The van der Waals surface area contributed by atoms with Gasteiger partial charge in [0.05, 0.1) is 11.2 Å². The van der Waals surface area contributed by atoms with E-state index in [9.17, 15) is 4.79 Å². The third-order valence-corrected chi connectivity index (χ3v) is 5.32. The first kappa shape index (κ1) is 18.6. The molecule has 28 heavy (non-hydrogen) atoms. The second kappa shape index (κ2) is 8.07. The molecule has 1 aliphatic rings. The molecule has 1 aromatic heterocycles. The van der Waals surface area contributed by atoms with Crippen LogP contribution < -0.4 is 10.2 Å². The molecule has 1 N–H and O–H groups in total. The maximum atomic E-state index is 12.1. The number of nitrogens with one attached hydrogen (secondary N) is 1.